The molecule has 20 heavy (non-hydrogen) atoms. The van der Waals surface area contributed by atoms with Crippen molar-refractivity contribution in [3.8, 4) is 0 Å². The molecule has 1 saturated heterocycles. The summed E-state index contributed by atoms with van der Waals surface area (Å²) in [5, 5.41) is 14.9. The van der Waals surface area contributed by atoms with Crippen molar-refractivity contribution in [2.24, 2.45) is 0 Å². The summed E-state index contributed by atoms with van der Waals surface area (Å²) in [6.07, 6.45) is 0.594. The summed E-state index contributed by atoms with van der Waals surface area (Å²) in [7, 11) is 1.61. The molecule has 108 valence electrons. The van der Waals surface area contributed by atoms with Crippen LogP contribution in [-0.4, -0.2) is 42.8 Å². The third kappa shape index (κ3) is 3.47. The van der Waals surface area contributed by atoms with Crippen LogP contribution in [0.15, 0.2) is 18.2 Å². The molecule has 1 heterocycles. The minimum atomic E-state index is -1.06. The highest BCUT2D eigenvalue weighted by Crippen LogP contribution is 2.20. The van der Waals surface area contributed by atoms with Gasteiger partial charge in [-0.15, -0.1) is 0 Å². The van der Waals surface area contributed by atoms with Gasteiger partial charge in [-0.25, -0.2) is 4.79 Å². The molecule has 1 aromatic carbocycles. The Kier molecular flexibility index (Phi) is 4.95. The van der Waals surface area contributed by atoms with Gasteiger partial charge in [-0.05, 0) is 47.2 Å². The number of nitrogens with one attached hydrogen (secondary N) is 2. The van der Waals surface area contributed by atoms with Crippen molar-refractivity contribution in [1.82, 2.24) is 5.32 Å². The Morgan fingerprint density at radius 3 is 2.85 bits per heavy atom. The summed E-state index contributed by atoms with van der Waals surface area (Å²) in [6.45, 7) is 0.618. The van der Waals surface area contributed by atoms with Crippen LogP contribution in [0.25, 0.3) is 0 Å². The number of carboxylic acid groups (broad SMARTS) is 1. The summed E-state index contributed by atoms with van der Waals surface area (Å²) >= 11 is 2.03. The summed E-state index contributed by atoms with van der Waals surface area (Å²) in [5.74, 6) is -1.30. The second kappa shape index (κ2) is 6.51. The molecule has 0 bridgehead atoms. The predicted octanol–water partition coefficient (Wildman–Crippen LogP) is 1.30. The van der Waals surface area contributed by atoms with Gasteiger partial charge < -0.3 is 20.5 Å². The lowest BCUT2D eigenvalue weighted by Crippen LogP contribution is -2.35. The Balaban J connectivity index is 2.10. The van der Waals surface area contributed by atoms with Crippen LogP contribution in [0.2, 0.25) is 0 Å². The van der Waals surface area contributed by atoms with Gasteiger partial charge in [0.15, 0.2) is 0 Å². The number of anilines is 1. The Morgan fingerprint density at radius 1 is 1.50 bits per heavy atom. The monoisotopic (exact) mass is 390 g/mol. The molecule has 0 saturated carbocycles. The largest absolute Gasteiger partial charge is 0.478 e. The number of carboxylic acids is 1. The molecule has 0 aromatic heterocycles. The van der Waals surface area contributed by atoms with Crippen LogP contribution in [0.3, 0.4) is 0 Å². The minimum Gasteiger partial charge on any atom is -0.478 e. The topological polar surface area (TPSA) is 87.7 Å². The smallest absolute Gasteiger partial charge is 0.337 e. The molecule has 0 aliphatic carbocycles. The molecule has 7 heteroatoms. The molecule has 1 fully saturated rings. The number of methoxy groups -OCH3 is 1. The molecule has 1 aliphatic rings. The SMILES string of the molecule is COC1CNC(C(=O)Nc2ccc(I)cc2C(=O)O)C1. The molecule has 2 rings (SSSR count). The fraction of sp³-hybridized carbons (Fsp3) is 0.385. The van der Waals surface area contributed by atoms with Crippen LogP contribution in [-0.2, 0) is 9.53 Å². The standard InChI is InChI=1S/C13H15IN2O4/c1-20-8-5-11(15-6-8)12(17)16-10-3-2-7(14)4-9(10)13(18)19/h2-4,8,11,15H,5-6H2,1H3,(H,16,17)(H,18,19). The van der Waals surface area contributed by atoms with Gasteiger partial charge in [0, 0.05) is 17.2 Å². The fourth-order valence-electron chi connectivity index (χ4n) is 2.10. The molecule has 1 aliphatic heterocycles. The van der Waals surface area contributed by atoms with Crippen LogP contribution in [0.4, 0.5) is 5.69 Å². The normalized spacial score (nSPS) is 21.7. The summed E-state index contributed by atoms with van der Waals surface area (Å²) in [4.78, 5) is 23.3. The van der Waals surface area contributed by atoms with Crippen molar-refractivity contribution in [2.75, 3.05) is 19.0 Å². The van der Waals surface area contributed by atoms with E-state index in [1.54, 1.807) is 19.2 Å². The maximum Gasteiger partial charge on any atom is 0.337 e. The van der Waals surface area contributed by atoms with E-state index in [0.29, 0.717) is 18.7 Å². The van der Waals surface area contributed by atoms with Crippen LogP contribution in [0.5, 0.6) is 0 Å². The molecule has 0 spiro atoms. The number of ether oxygens (including phenoxy) is 1. The zero-order chi connectivity index (χ0) is 14.7. The van der Waals surface area contributed by atoms with Gasteiger partial charge in [0.1, 0.15) is 0 Å². The van der Waals surface area contributed by atoms with Gasteiger partial charge in [0.25, 0.3) is 0 Å². The molecule has 1 aromatic rings. The molecular weight excluding hydrogens is 375 g/mol. The van der Waals surface area contributed by atoms with Crippen molar-refractivity contribution in [3.05, 3.63) is 27.3 Å². The number of aromatic carboxylic acids is 1. The third-order valence-electron chi connectivity index (χ3n) is 3.21. The first-order valence-corrected chi connectivity index (χ1v) is 7.19. The first-order valence-electron chi connectivity index (χ1n) is 6.11. The number of hydrogen-bond acceptors (Lipinski definition) is 4. The minimum absolute atomic E-state index is 0.0152. The van der Waals surface area contributed by atoms with Gasteiger partial charge in [-0.1, -0.05) is 0 Å². The van der Waals surface area contributed by atoms with Gasteiger partial charge in [0.05, 0.1) is 23.4 Å². The van der Waals surface area contributed by atoms with Crippen LogP contribution < -0.4 is 10.6 Å². The van der Waals surface area contributed by atoms with Crippen LogP contribution >= 0.6 is 22.6 Å². The maximum absolute atomic E-state index is 12.1. The van der Waals surface area contributed by atoms with E-state index in [1.165, 1.54) is 6.07 Å². The zero-order valence-electron chi connectivity index (χ0n) is 10.9. The number of rotatable bonds is 4. The van der Waals surface area contributed by atoms with E-state index < -0.39 is 5.97 Å². The molecule has 0 radical (unpaired) electrons. The number of hydrogen-bond donors (Lipinski definition) is 3. The number of halogens is 1. The predicted molar refractivity (Wildman–Crippen MR) is 82.0 cm³/mol. The zero-order valence-corrected chi connectivity index (χ0v) is 13.0. The summed E-state index contributed by atoms with van der Waals surface area (Å²) in [5.41, 5.74) is 0.400. The highest BCUT2D eigenvalue weighted by atomic mass is 127. The Hall–Kier alpha value is -1.19. The van der Waals surface area contributed by atoms with E-state index in [9.17, 15) is 9.59 Å². The molecular formula is C13H15IN2O4. The first kappa shape index (κ1) is 15.2. The van der Waals surface area contributed by atoms with Crippen LogP contribution in [0, 0.1) is 3.57 Å². The second-order valence-electron chi connectivity index (χ2n) is 4.54. The first-order chi connectivity index (χ1) is 9.51. The molecule has 6 nitrogen and oxygen atoms in total. The van der Waals surface area contributed by atoms with Gasteiger partial charge in [-0.2, -0.15) is 0 Å². The lowest BCUT2D eigenvalue weighted by atomic mass is 10.1. The van der Waals surface area contributed by atoms with E-state index in [-0.39, 0.29) is 23.6 Å². The summed E-state index contributed by atoms with van der Waals surface area (Å²) in [6, 6.07) is 4.52. The average Bonchev–Trinajstić information content (AvgIpc) is 2.89. The van der Waals surface area contributed by atoms with Gasteiger partial charge in [0.2, 0.25) is 5.91 Å². The Labute approximate surface area is 130 Å². The quantitative estimate of drug-likeness (QED) is 0.675. The van der Waals surface area contributed by atoms with Gasteiger partial charge in [-0.3, -0.25) is 4.79 Å². The lowest BCUT2D eigenvalue weighted by Gasteiger charge is -2.13. The van der Waals surface area contributed by atoms with E-state index in [1.807, 2.05) is 22.6 Å². The van der Waals surface area contributed by atoms with E-state index in [0.717, 1.165) is 3.57 Å². The molecule has 2 unspecified atom stereocenters. The summed E-state index contributed by atoms with van der Waals surface area (Å²) < 4.78 is 5.98. The van der Waals surface area contributed by atoms with Crippen LogP contribution in [0.1, 0.15) is 16.8 Å². The Morgan fingerprint density at radius 2 is 2.25 bits per heavy atom. The van der Waals surface area contributed by atoms with Gasteiger partial charge >= 0.3 is 5.97 Å². The van der Waals surface area contributed by atoms with Crippen molar-refractivity contribution in [1.29, 1.82) is 0 Å². The highest BCUT2D eigenvalue weighted by Gasteiger charge is 2.29. The lowest BCUT2D eigenvalue weighted by molar-refractivity contribution is -0.118. The molecule has 1 amide bonds. The third-order valence-corrected chi connectivity index (χ3v) is 3.88. The second-order valence-corrected chi connectivity index (χ2v) is 5.78. The van der Waals surface area contributed by atoms with Crippen molar-refractivity contribution in [3.63, 3.8) is 0 Å². The Bertz CT molecular complexity index is 535. The van der Waals surface area contributed by atoms with E-state index >= 15 is 0 Å². The van der Waals surface area contributed by atoms with E-state index in [2.05, 4.69) is 10.6 Å². The van der Waals surface area contributed by atoms with E-state index in [4.69, 9.17) is 9.84 Å². The van der Waals surface area contributed by atoms with Crippen molar-refractivity contribution in [2.45, 2.75) is 18.6 Å². The van der Waals surface area contributed by atoms with Crippen molar-refractivity contribution < 1.29 is 19.4 Å². The molecule has 2 atom stereocenters. The molecule has 3 N–H and O–H groups in total. The number of carbonyl (C=O) groups excluding carboxylic acids is 1. The highest BCUT2D eigenvalue weighted by molar-refractivity contribution is 14.1. The number of carbonyl (C=O) groups is 2. The number of benzene rings is 1. The number of amides is 1. The van der Waals surface area contributed by atoms with Crippen molar-refractivity contribution >= 4 is 40.2 Å². The maximum atomic E-state index is 12.1. The average molecular weight is 390 g/mol. The fourth-order valence-corrected chi connectivity index (χ4v) is 2.60.